The van der Waals surface area contributed by atoms with E-state index in [0.29, 0.717) is 28.4 Å². The van der Waals surface area contributed by atoms with Crippen LogP contribution in [0.15, 0.2) is 68.7 Å². The molecule has 1 aromatic heterocycles. The topological polar surface area (TPSA) is 131 Å². The minimum atomic E-state index is -3.94. The monoisotopic (exact) mass is 502 g/mol. The third kappa shape index (κ3) is 4.22. The van der Waals surface area contributed by atoms with E-state index in [1.165, 1.54) is 31.4 Å². The number of benzene rings is 2. The smallest absolute Gasteiger partial charge is 0.283 e. The molecular formula is C22H19ClN4O6S. The van der Waals surface area contributed by atoms with Crippen LogP contribution in [0.3, 0.4) is 0 Å². The van der Waals surface area contributed by atoms with Crippen molar-refractivity contribution in [2.24, 2.45) is 0 Å². The molecule has 0 saturated heterocycles. The largest absolute Gasteiger partial charge is 0.497 e. The molecule has 1 aliphatic heterocycles. The molecule has 12 heteroatoms. The summed E-state index contributed by atoms with van der Waals surface area (Å²) in [5.74, 6) is -0.723. The van der Waals surface area contributed by atoms with Crippen LogP contribution >= 0.6 is 11.6 Å². The van der Waals surface area contributed by atoms with Gasteiger partial charge in [-0.25, -0.2) is 18.0 Å². The van der Waals surface area contributed by atoms with Crippen LogP contribution in [0.2, 0.25) is 0 Å². The van der Waals surface area contributed by atoms with Crippen LogP contribution < -0.4 is 19.7 Å². The maximum Gasteiger partial charge on any atom is 0.283 e. The number of sulfonamides is 1. The summed E-state index contributed by atoms with van der Waals surface area (Å²) in [6.07, 6.45) is 0. The summed E-state index contributed by atoms with van der Waals surface area (Å²) < 4.78 is 37.7. The Morgan fingerprint density at radius 2 is 1.65 bits per heavy atom. The molecule has 0 atom stereocenters. The van der Waals surface area contributed by atoms with Crippen molar-refractivity contribution in [3.8, 4) is 5.75 Å². The molecule has 0 unspecified atom stereocenters. The van der Waals surface area contributed by atoms with E-state index in [1.54, 1.807) is 38.1 Å². The maximum absolute atomic E-state index is 12.9. The van der Waals surface area contributed by atoms with Crippen molar-refractivity contribution < 1.29 is 27.3 Å². The lowest BCUT2D eigenvalue weighted by Gasteiger charge is -2.15. The first-order valence-corrected chi connectivity index (χ1v) is 11.7. The van der Waals surface area contributed by atoms with Crippen molar-refractivity contribution >= 4 is 50.7 Å². The third-order valence-corrected chi connectivity index (χ3v) is 6.87. The van der Waals surface area contributed by atoms with E-state index < -0.39 is 21.8 Å². The maximum atomic E-state index is 12.9. The summed E-state index contributed by atoms with van der Waals surface area (Å²) in [5, 5.41) is 6.24. The van der Waals surface area contributed by atoms with Gasteiger partial charge in [0, 0.05) is 11.3 Å². The SMILES string of the molecule is COc1ccc(N2C(=O)C(Cl)=C(Nc3ccc(S(=O)(=O)Nc4onc(C)c4C)cc3)C2=O)cc1. The van der Waals surface area contributed by atoms with Gasteiger partial charge in [0.2, 0.25) is 5.88 Å². The lowest BCUT2D eigenvalue weighted by atomic mass is 10.2. The van der Waals surface area contributed by atoms with Crippen molar-refractivity contribution in [2.45, 2.75) is 18.7 Å². The quantitative estimate of drug-likeness (QED) is 0.469. The number of carbonyl (C=O) groups is 2. The molecule has 2 amide bonds. The van der Waals surface area contributed by atoms with Crippen LogP contribution in [0.1, 0.15) is 11.3 Å². The number of aromatic nitrogens is 1. The molecule has 3 aromatic rings. The van der Waals surface area contributed by atoms with Crippen molar-refractivity contribution in [1.82, 2.24) is 5.16 Å². The van der Waals surface area contributed by atoms with Gasteiger partial charge in [0.15, 0.2) is 0 Å². The molecule has 34 heavy (non-hydrogen) atoms. The second kappa shape index (κ2) is 8.84. The van der Waals surface area contributed by atoms with Crippen molar-refractivity contribution in [1.29, 1.82) is 0 Å². The summed E-state index contributed by atoms with van der Waals surface area (Å²) in [7, 11) is -2.43. The van der Waals surface area contributed by atoms with Crippen LogP contribution in [0.4, 0.5) is 17.3 Å². The molecule has 176 valence electrons. The highest BCUT2D eigenvalue weighted by molar-refractivity contribution is 7.92. The molecule has 4 rings (SSSR count). The number of amides is 2. The molecule has 0 saturated carbocycles. The number of hydrogen-bond acceptors (Lipinski definition) is 8. The highest BCUT2D eigenvalue weighted by Gasteiger charge is 2.39. The zero-order valence-corrected chi connectivity index (χ0v) is 19.8. The number of halogens is 1. The number of rotatable bonds is 7. The third-order valence-electron chi connectivity index (χ3n) is 5.18. The van der Waals surface area contributed by atoms with E-state index in [9.17, 15) is 18.0 Å². The van der Waals surface area contributed by atoms with Crippen LogP contribution in [0, 0.1) is 13.8 Å². The lowest BCUT2D eigenvalue weighted by molar-refractivity contribution is -0.120. The summed E-state index contributed by atoms with van der Waals surface area (Å²) in [6.45, 7) is 3.38. The van der Waals surface area contributed by atoms with Crippen LogP contribution in [-0.4, -0.2) is 32.5 Å². The minimum absolute atomic E-state index is 0.0327. The Kier molecular flexibility index (Phi) is 6.07. The average molecular weight is 503 g/mol. The first-order valence-electron chi connectivity index (χ1n) is 9.88. The Bertz CT molecular complexity index is 1410. The summed E-state index contributed by atoms with van der Waals surface area (Å²) in [4.78, 5) is 26.4. The summed E-state index contributed by atoms with van der Waals surface area (Å²) in [5.41, 5.74) is 1.72. The van der Waals surface area contributed by atoms with Gasteiger partial charge in [-0.15, -0.1) is 0 Å². The van der Waals surface area contributed by atoms with Crippen LogP contribution in [-0.2, 0) is 19.6 Å². The Balaban J connectivity index is 1.52. The zero-order valence-electron chi connectivity index (χ0n) is 18.2. The van der Waals surface area contributed by atoms with E-state index >= 15 is 0 Å². The predicted octanol–water partition coefficient (Wildman–Crippen LogP) is 3.54. The van der Waals surface area contributed by atoms with Gasteiger partial charge in [-0.1, -0.05) is 16.8 Å². The normalized spacial score (nSPS) is 14.1. The predicted molar refractivity (Wildman–Crippen MR) is 125 cm³/mol. The highest BCUT2D eigenvalue weighted by Crippen LogP contribution is 2.31. The summed E-state index contributed by atoms with van der Waals surface area (Å²) in [6, 6.07) is 11.9. The minimum Gasteiger partial charge on any atom is -0.497 e. The first kappa shape index (κ1) is 23.3. The standard InChI is InChI=1S/C22H19ClN4O6S/c1-12-13(2)25-33-20(12)26-34(30,31)17-10-4-14(5-11-17)24-19-18(23)21(28)27(22(19)29)15-6-8-16(32-3)9-7-15/h4-11,24,26H,1-3H3. The van der Waals surface area contributed by atoms with Crippen LogP contribution in [0.5, 0.6) is 5.75 Å². The fraction of sp³-hybridized carbons (Fsp3) is 0.136. The van der Waals surface area contributed by atoms with Gasteiger partial charge in [-0.2, -0.15) is 0 Å². The Morgan fingerprint density at radius 3 is 2.21 bits per heavy atom. The fourth-order valence-corrected chi connectivity index (χ4v) is 4.39. The van der Waals surface area contributed by atoms with Gasteiger partial charge < -0.3 is 14.6 Å². The van der Waals surface area contributed by atoms with Crippen LogP contribution in [0.25, 0.3) is 0 Å². The molecule has 0 spiro atoms. The van der Waals surface area contributed by atoms with E-state index in [-0.39, 0.29) is 21.5 Å². The number of anilines is 3. The number of nitrogens with zero attached hydrogens (tertiary/aromatic N) is 2. The van der Waals surface area contributed by atoms with E-state index in [0.717, 1.165) is 4.90 Å². The van der Waals surface area contributed by atoms with Gasteiger partial charge >= 0.3 is 0 Å². The van der Waals surface area contributed by atoms with Gasteiger partial charge in [-0.05, 0) is 62.4 Å². The average Bonchev–Trinajstić information content (AvgIpc) is 3.24. The zero-order chi connectivity index (χ0) is 24.6. The Hall–Kier alpha value is -3.83. The number of carbonyl (C=O) groups excluding carboxylic acids is 2. The number of ether oxygens (including phenoxy) is 1. The first-order chi connectivity index (χ1) is 16.1. The molecule has 0 radical (unpaired) electrons. The lowest BCUT2D eigenvalue weighted by Crippen LogP contribution is -2.32. The van der Waals surface area contributed by atoms with Gasteiger partial charge in [0.25, 0.3) is 21.8 Å². The number of imide groups is 1. The second-order valence-electron chi connectivity index (χ2n) is 7.31. The molecule has 2 heterocycles. The van der Waals surface area contributed by atoms with Crippen molar-refractivity contribution in [2.75, 3.05) is 22.0 Å². The van der Waals surface area contributed by atoms with Gasteiger partial charge in [0.1, 0.15) is 16.5 Å². The van der Waals surface area contributed by atoms with E-state index in [4.69, 9.17) is 20.9 Å². The fourth-order valence-electron chi connectivity index (χ4n) is 3.13. The van der Waals surface area contributed by atoms with Gasteiger partial charge in [0.05, 0.1) is 23.4 Å². The molecule has 1 aliphatic rings. The number of aryl methyl sites for hydroxylation is 1. The molecule has 0 bridgehead atoms. The Labute approximate surface area is 200 Å². The summed E-state index contributed by atoms with van der Waals surface area (Å²) >= 11 is 6.15. The van der Waals surface area contributed by atoms with Crippen molar-refractivity contribution in [3.05, 3.63) is 70.5 Å². The number of nitrogens with one attached hydrogen (secondary N) is 2. The van der Waals surface area contributed by atoms with E-state index in [1.807, 2.05) is 0 Å². The Morgan fingerprint density at radius 1 is 1.00 bits per heavy atom. The molecule has 2 N–H and O–H groups in total. The highest BCUT2D eigenvalue weighted by atomic mass is 35.5. The molecule has 2 aromatic carbocycles. The molecular weight excluding hydrogens is 484 g/mol. The molecule has 0 aliphatic carbocycles. The molecule has 10 nitrogen and oxygen atoms in total. The van der Waals surface area contributed by atoms with Gasteiger partial charge in [-0.3, -0.25) is 9.59 Å². The number of methoxy groups -OCH3 is 1. The molecule has 0 fully saturated rings. The number of hydrogen-bond donors (Lipinski definition) is 2. The second-order valence-corrected chi connectivity index (χ2v) is 9.37. The van der Waals surface area contributed by atoms with E-state index in [2.05, 4.69) is 15.2 Å². The van der Waals surface area contributed by atoms with Crippen molar-refractivity contribution in [3.63, 3.8) is 0 Å².